The van der Waals surface area contributed by atoms with Crippen LogP contribution in [0.4, 0.5) is 0 Å². The fraction of sp³-hybridized carbons (Fsp3) is 0.357. The van der Waals surface area contributed by atoms with Gasteiger partial charge in [-0.05, 0) is 65.0 Å². The van der Waals surface area contributed by atoms with Crippen LogP contribution in [0.2, 0.25) is 0 Å². The summed E-state index contributed by atoms with van der Waals surface area (Å²) in [5.41, 5.74) is 5.02. The Morgan fingerprint density at radius 1 is 0.609 bits per heavy atom. The number of rotatable bonds is 7. The van der Waals surface area contributed by atoms with E-state index < -0.39 is 0 Å². The summed E-state index contributed by atoms with van der Waals surface area (Å²) in [4.78, 5) is 11.5. The number of hydrogen-bond donors (Lipinski definition) is 0. The molecule has 1 aliphatic rings. The molecule has 0 amide bonds. The average molecular weight is 795 g/mol. The fourth-order valence-corrected chi connectivity index (χ4v) is 7.17. The topological polar surface area (TPSA) is 17.1 Å². The van der Waals surface area contributed by atoms with E-state index in [4.69, 9.17) is 0 Å². The molecule has 251 valence electrons. The van der Waals surface area contributed by atoms with Gasteiger partial charge in [-0.3, -0.25) is 4.79 Å². The molecule has 0 atom stereocenters. The third-order valence-electron chi connectivity index (χ3n) is 7.00. The van der Waals surface area contributed by atoms with Crippen molar-refractivity contribution in [2.75, 3.05) is 18.3 Å². The van der Waals surface area contributed by atoms with Crippen molar-refractivity contribution in [3.05, 3.63) is 153 Å². The standard InChI is InChI=1S/C16H18I.C10H13OS.C9H12.C5H10.2CH3.Fe/c1-12(2)14-6-10-16(11-7-14)17-15-8-4-13(3)5-9-15;1-12(2)8-10(11)9-6-4-3-5-7-9;1-8(2)9-6-4-3-5-7-9;1-2-4-5-3-1;;;/h4-12H,1-3H3;3-7H,8H2,1-2H3;3-8H,1-2H3;1-5H2;2*1H3;/q2*+1;;;2*-1;+3. The monoisotopic (exact) mass is 794 g/mol. The first-order valence-corrected chi connectivity index (χ1v) is 20.0. The molecular formula is C42H59FeIOS+3. The third-order valence-corrected chi connectivity index (χ3v) is 10.5. The zero-order chi connectivity index (χ0) is 31.5. The van der Waals surface area contributed by atoms with Crippen LogP contribution in [0.3, 0.4) is 0 Å². The molecule has 0 heterocycles. The molecule has 0 aliphatic heterocycles. The van der Waals surface area contributed by atoms with Gasteiger partial charge in [0.05, 0.1) is 12.5 Å². The normalized spacial score (nSPS) is 11.3. The van der Waals surface area contributed by atoms with Gasteiger partial charge in [-0.25, -0.2) is 0 Å². The summed E-state index contributed by atoms with van der Waals surface area (Å²) in [5, 5.41) is 0. The number of Topliss-reactive ketones (excluding diaryl/α,β-unsaturated/α-hetero) is 1. The minimum atomic E-state index is -0.0167. The number of carbonyl (C=O) groups excluding carboxylic acids is 1. The second-order valence-electron chi connectivity index (χ2n) is 11.8. The molecule has 0 spiro atoms. The molecule has 0 saturated heterocycles. The maximum atomic E-state index is 11.5. The summed E-state index contributed by atoms with van der Waals surface area (Å²) >= 11 is -0.0167. The Kier molecular flexibility index (Phi) is 27.3. The molecule has 46 heavy (non-hydrogen) atoms. The molecule has 5 rings (SSSR count). The van der Waals surface area contributed by atoms with E-state index in [2.05, 4.69) is 120 Å². The Morgan fingerprint density at radius 2 is 0.978 bits per heavy atom. The van der Waals surface area contributed by atoms with Crippen LogP contribution >= 0.6 is 0 Å². The van der Waals surface area contributed by atoms with Crippen molar-refractivity contribution in [2.24, 2.45) is 0 Å². The van der Waals surface area contributed by atoms with Gasteiger partial charge in [-0.1, -0.05) is 150 Å². The SMILES string of the molecule is C1CCCC1.CC(C)c1ccccc1.C[S+](C)CC(=O)c1ccccc1.Cc1ccc([I+]c2ccc(C(C)C)cc2)cc1.[CH3-].[CH3-].[Fe+3]. The second-order valence-corrected chi connectivity index (χ2v) is 17.1. The van der Waals surface area contributed by atoms with Crippen LogP contribution in [-0.2, 0) is 28.0 Å². The maximum Gasteiger partial charge on any atom is 3.00 e. The van der Waals surface area contributed by atoms with Crippen LogP contribution < -0.4 is 21.2 Å². The number of ketones is 1. The van der Waals surface area contributed by atoms with E-state index in [-0.39, 0.29) is 69.8 Å². The molecule has 4 aromatic carbocycles. The Hall–Kier alpha value is -1.85. The molecule has 1 fully saturated rings. The van der Waals surface area contributed by atoms with Crippen LogP contribution in [0.15, 0.2) is 109 Å². The van der Waals surface area contributed by atoms with E-state index in [0.717, 1.165) is 5.56 Å². The minimum absolute atomic E-state index is 0. The summed E-state index contributed by atoms with van der Waals surface area (Å²) in [6, 6.07) is 38.1. The summed E-state index contributed by atoms with van der Waals surface area (Å²) in [5.74, 6) is 2.21. The van der Waals surface area contributed by atoms with Crippen molar-refractivity contribution in [1.82, 2.24) is 0 Å². The molecule has 4 aromatic rings. The van der Waals surface area contributed by atoms with Crippen molar-refractivity contribution in [1.29, 1.82) is 0 Å². The molecule has 0 unspecified atom stereocenters. The van der Waals surface area contributed by atoms with E-state index in [9.17, 15) is 4.79 Å². The van der Waals surface area contributed by atoms with E-state index in [0.29, 0.717) is 17.6 Å². The van der Waals surface area contributed by atoms with E-state index in [1.807, 2.05) is 36.4 Å². The molecule has 1 saturated carbocycles. The largest absolute Gasteiger partial charge is 3.00 e. The van der Waals surface area contributed by atoms with Gasteiger partial charge >= 0.3 is 38.3 Å². The Labute approximate surface area is 307 Å². The first kappa shape index (κ1) is 46.3. The smallest absolute Gasteiger partial charge is 0.358 e. The van der Waals surface area contributed by atoms with Crippen molar-refractivity contribution >= 4 is 16.7 Å². The van der Waals surface area contributed by atoms with Crippen LogP contribution in [0.5, 0.6) is 0 Å². The van der Waals surface area contributed by atoms with E-state index in [1.165, 1.54) is 55.9 Å². The van der Waals surface area contributed by atoms with Gasteiger partial charge in [0, 0.05) is 5.56 Å². The predicted octanol–water partition coefficient (Wildman–Crippen LogP) is 8.65. The zero-order valence-corrected chi connectivity index (χ0v) is 33.9. The van der Waals surface area contributed by atoms with Gasteiger partial charge in [-0.15, -0.1) is 0 Å². The number of hydrogen-bond acceptors (Lipinski definition) is 1. The first-order chi connectivity index (χ1) is 20.7. The molecule has 0 aromatic heterocycles. The molecule has 1 nitrogen and oxygen atoms in total. The van der Waals surface area contributed by atoms with Gasteiger partial charge < -0.3 is 14.9 Å². The molecule has 1 radical (unpaired) electrons. The van der Waals surface area contributed by atoms with Crippen molar-refractivity contribution in [3.63, 3.8) is 0 Å². The summed E-state index contributed by atoms with van der Waals surface area (Å²) in [7, 11) is 0.204. The first-order valence-electron chi connectivity index (χ1n) is 15.6. The third kappa shape index (κ3) is 20.4. The van der Waals surface area contributed by atoms with Gasteiger partial charge in [0.25, 0.3) is 0 Å². The average Bonchev–Trinajstić information content (AvgIpc) is 3.61. The Bertz CT molecular complexity index is 1260. The van der Waals surface area contributed by atoms with E-state index >= 15 is 0 Å². The van der Waals surface area contributed by atoms with Crippen molar-refractivity contribution < 1.29 is 43.1 Å². The fourth-order valence-electron chi connectivity index (χ4n) is 4.32. The van der Waals surface area contributed by atoms with Gasteiger partial charge in [-0.2, -0.15) is 0 Å². The molecule has 0 bridgehead atoms. The van der Waals surface area contributed by atoms with Crippen LogP contribution in [0.1, 0.15) is 98.7 Å². The number of benzene rings is 4. The molecule has 0 N–H and O–H groups in total. The molecule has 1 aliphatic carbocycles. The minimum Gasteiger partial charge on any atom is -0.358 e. The number of aryl methyl sites for hydroxylation is 1. The quantitative estimate of drug-likeness (QED) is 0.0603. The summed E-state index contributed by atoms with van der Waals surface area (Å²) in [6.45, 7) is 11.0. The Balaban J connectivity index is 0. The van der Waals surface area contributed by atoms with Crippen molar-refractivity contribution in [3.8, 4) is 0 Å². The van der Waals surface area contributed by atoms with Gasteiger partial charge in [0.2, 0.25) is 5.78 Å². The second kappa shape index (κ2) is 27.1. The molecular weight excluding hydrogens is 735 g/mol. The molecule has 4 heteroatoms. The number of halogens is 1. The zero-order valence-electron chi connectivity index (χ0n) is 29.8. The van der Waals surface area contributed by atoms with Crippen LogP contribution in [0.25, 0.3) is 0 Å². The number of carbonyl (C=O) groups is 1. The van der Waals surface area contributed by atoms with Crippen LogP contribution in [0, 0.1) is 28.9 Å². The summed E-state index contributed by atoms with van der Waals surface area (Å²) in [6.07, 6.45) is 11.7. The predicted molar refractivity (Wildman–Crippen MR) is 200 cm³/mol. The Morgan fingerprint density at radius 3 is 1.35 bits per heavy atom. The van der Waals surface area contributed by atoms with Gasteiger partial charge in [0.1, 0.15) is 0 Å². The maximum absolute atomic E-state index is 11.5. The van der Waals surface area contributed by atoms with Crippen LogP contribution in [-0.4, -0.2) is 24.0 Å². The summed E-state index contributed by atoms with van der Waals surface area (Å²) < 4.78 is 2.99. The van der Waals surface area contributed by atoms with Gasteiger partial charge in [0.15, 0.2) is 12.9 Å². The van der Waals surface area contributed by atoms with E-state index in [1.54, 1.807) is 0 Å². The van der Waals surface area contributed by atoms with Crippen molar-refractivity contribution in [2.45, 2.75) is 78.6 Å².